The highest BCUT2D eigenvalue weighted by Gasteiger charge is 2.70. The average Bonchev–Trinajstić information content (AvgIpc) is 2.71. The monoisotopic (exact) mass is 334 g/mol. The van der Waals surface area contributed by atoms with Crippen molar-refractivity contribution in [1.29, 1.82) is 0 Å². The van der Waals surface area contributed by atoms with Crippen molar-refractivity contribution in [3.8, 4) is 0 Å². The van der Waals surface area contributed by atoms with Gasteiger partial charge in [-0.25, -0.2) is 0 Å². The molecule has 0 aliphatic heterocycles. The molecule has 130 valence electrons. The Morgan fingerprint density at radius 1 is 1.05 bits per heavy atom. The average molecular weight is 334 g/mol. The van der Waals surface area contributed by atoms with Crippen molar-refractivity contribution >= 4 is 5.97 Å². The van der Waals surface area contributed by atoms with Crippen LogP contribution in [0.15, 0.2) is 0 Å². The normalized spacial score (nSPS) is 25.3. The number of esters is 1. The van der Waals surface area contributed by atoms with Crippen molar-refractivity contribution in [2.45, 2.75) is 65.9 Å². The summed E-state index contributed by atoms with van der Waals surface area (Å²) in [6.07, 6.45) is -15.1. The molecule has 0 heterocycles. The molecule has 22 heavy (non-hydrogen) atoms. The van der Waals surface area contributed by atoms with Crippen LogP contribution in [-0.4, -0.2) is 24.4 Å². The smallest absolute Gasteiger partial charge is 0.434 e. The topological polar surface area (TPSA) is 26.3 Å². The summed E-state index contributed by atoms with van der Waals surface area (Å²) in [5, 5.41) is 0. The fourth-order valence-corrected chi connectivity index (χ4v) is 2.88. The maximum Gasteiger partial charge on any atom is 0.434 e. The van der Waals surface area contributed by atoms with E-state index in [2.05, 4.69) is 4.74 Å². The molecule has 0 aromatic carbocycles. The molecule has 1 aliphatic carbocycles. The lowest BCUT2D eigenvalue weighted by molar-refractivity contribution is -0.315. The SMILES string of the molecule is CC(C)(C)CC1(C(=O)OC(C(F)(F)F)C(F)(F)F)CC1(C)C. The van der Waals surface area contributed by atoms with Crippen LogP contribution in [0.25, 0.3) is 0 Å². The van der Waals surface area contributed by atoms with Crippen LogP contribution in [0, 0.1) is 16.2 Å². The number of rotatable bonds is 3. The van der Waals surface area contributed by atoms with Crippen LogP contribution in [0.2, 0.25) is 0 Å². The van der Waals surface area contributed by atoms with E-state index in [4.69, 9.17) is 0 Å². The highest BCUT2D eigenvalue weighted by molar-refractivity contribution is 5.82. The summed E-state index contributed by atoms with van der Waals surface area (Å²) < 4.78 is 79.0. The number of carbonyl (C=O) groups excluding carboxylic acids is 1. The third-order valence-electron chi connectivity index (χ3n) is 3.96. The zero-order valence-electron chi connectivity index (χ0n) is 13.1. The lowest BCUT2D eigenvalue weighted by atomic mass is 9.79. The zero-order chi connectivity index (χ0) is 17.8. The second-order valence-corrected chi connectivity index (χ2v) is 7.75. The van der Waals surface area contributed by atoms with E-state index in [1.165, 1.54) is 0 Å². The molecule has 0 saturated heterocycles. The van der Waals surface area contributed by atoms with Gasteiger partial charge < -0.3 is 4.74 Å². The molecule has 8 heteroatoms. The minimum atomic E-state index is -5.68. The molecule has 0 aromatic rings. The largest absolute Gasteiger partial charge is 0.442 e. The summed E-state index contributed by atoms with van der Waals surface area (Å²) in [7, 11) is 0. The van der Waals surface area contributed by atoms with Crippen molar-refractivity contribution in [2.24, 2.45) is 16.2 Å². The van der Waals surface area contributed by atoms with Crippen molar-refractivity contribution in [3.05, 3.63) is 0 Å². The highest BCUT2D eigenvalue weighted by Crippen LogP contribution is 2.68. The first kappa shape index (κ1) is 19.1. The van der Waals surface area contributed by atoms with Crippen LogP contribution < -0.4 is 0 Å². The molecule has 1 rings (SSSR count). The van der Waals surface area contributed by atoms with E-state index in [-0.39, 0.29) is 12.8 Å². The molecule has 0 bridgehead atoms. The number of hydrogen-bond donors (Lipinski definition) is 0. The van der Waals surface area contributed by atoms with Gasteiger partial charge in [0.05, 0.1) is 5.41 Å². The minimum absolute atomic E-state index is 0.161. The highest BCUT2D eigenvalue weighted by atomic mass is 19.4. The van der Waals surface area contributed by atoms with Gasteiger partial charge in [-0.1, -0.05) is 34.6 Å². The number of hydrogen-bond acceptors (Lipinski definition) is 2. The van der Waals surface area contributed by atoms with Crippen molar-refractivity contribution in [3.63, 3.8) is 0 Å². The fourth-order valence-electron chi connectivity index (χ4n) is 2.88. The summed E-state index contributed by atoms with van der Waals surface area (Å²) >= 11 is 0. The van der Waals surface area contributed by atoms with Crippen LogP contribution in [0.5, 0.6) is 0 Å². The number of halogens is 6. The first-order valence-corrected chi connectivity index (χ1v) is 6.77. The number of alkyl halides is 6. The maximum absolute atomic E-state index is 12.5. The summed E-state index contributed by atoms with van der Waals surface area (Å²) in [5.74, 6) is -1.42. The predicted molar refractivity (Wildman–Crippen MR) is 66.9 cm³/mol. The van der Waals surface area contributed by atoms with Gasteiger partial charge >= 0.3 is 18.3 Å². The second kappa shape index (κ2) is 5.03. The van der Waals surface area contributed by atoms with Gasteiger partial charge in [-0.15, -0.1) is 0 Å². The molecule has 0 radical (unpaired) electrons. The second-order valence-electron chi connectivity index (χ2n) is 7.75. The Labute approximate surface area is 125 Å². The third-order valence-corrected chi connectivity index (χ3v) is 3.96. The lowest BCUT2D eigenvalue weighted by Crippen LogP contribution is -2.47. The first-order chi connectivity index (χ1) is 9.42. The van der Waals surface area contributed by atoms with E-state index in [9.17, 15) is 31.1 Å². The van der Waals surface area contributed by atoms with Gasteiger partial charge in [0, 0.05) is 0 Å². The number of carbonyl (C=O) groups is 1. The molecule has 2 nitrogen and oxygen atoms in total. The van der Waals surface area contributed by atoms with E-state index >= 15 is 0 Å². The quantitative estimate of drug-likeness (QED) is 0.543. The number of ether oxygens (including phenoxy) is 1. The Morgan fingerprint density at radius 2 is 1.41 bits per heavy atom. The molecule has 0 amide bonds. The Balaban J connectivity index is 3.03. The summed E-state index contributed by atoms with van der Waals surface area (Å²) in [4.78, 5) is 12.1. The van der Waals surface area contributed by atoms with E-state index in [1.54, 1.807) is 34.6 Å². The van der Waals surface area contributed by atoms with E-state index < -0.39 is 40.7 Å². The lowest BCUT2D eigenvalue weighted by Gasteiger charge is -2.30. The Hall–Kier alpha value is -0.950. The Bertz CT molecular complexity index is 430. The van der Waals surface area contributed by atoms with Gasteiger partial charge in [-0.2, -0.15) is 26.3 Å². The molecule has 1 fully saturated rings. The standard InChI is InChI=1S/C14H20F6O2/c1-10(2,3)6-12(7-11(12,4)5)9(21)22-8(13(15,16)17)14(18,19)20/h8H,6-7H2,1-5H3. The third kappa shape index (κ3) is 3.87. The van der Waals surface area contributed by atoms with Gasteiger partial charge in [-0.3, -0.25) is 4.79 Å². The first-order valence-electron chi connectivity index (χ1n) is 6.77. The van der Waals surface area contributed by atoms with Gasteiger partial charge in [0.1, 0.15) is 0 Å². The summed E-state index contributed by atoms with van der Waals surface area (Å²) in [6.45, 7) is 8.57. The minimum Gasteiger partial charge on any atom is -0.442 e. The van der Waals surface area contributed by atoms with Crippen LogP contribution in [0.4, 0.5) is 26.3 Å². The molecule has 1 aliphatic rings. The fraction of sp³-hybridized carbons (Fsp3) is 0.929. The Kier molecular flexibility index (Phi) is 4.36. The van der Waals surface area contributed by atoms with Crippen molar-refractivity contribution in [2.75, 3.05) is 0 Å². The Morgan fingerprint density at radius 3 is 1.64 bits per heavy atom. The van der Waals surface area contributed by atoms with Gasteiger partial charge in [-0.05, 0) is 23.7 Å². The molecule has 1 atom stereocenters. The zero-order valence-corrected chi connectivity index (χ0v) is 13.1. The van der Waals surface area contributed by atoms with Gasteiger partial charge in [0.25, 0.3) is 6.10 Å². The molecule has 1 saturated carbocycles. The maximum atomic E-state index is 12.5. The molecule has 1 unspecified atom stereocenters. The van der Waals surface area contributed by atoms with Crippen LogP contribution in [0.3, 0.4) is 0 Å². The van der Waals surface area contributed by atoms with E-state index in [0.29, 0.717) is 0 Å². The molecule has 0 aromatic heterocycles. The van der Waals surface area contributed by atoms with Gasteiger partial charge in [0.15, 0.2) is 0 Å². The van der Waals surface area contributed by atoms with Crippen LogP contribution in [0.1, 0.15) is 47.5 Å². The van der Waals surface area contributed by atoms with Gasteiger partial charge in [0.2, 0.25) is 0 Å². The molecule has 0 N–H and O–H groups in total. The molecular weight excluding hydrogens is 314 g/mol. The van der Waals surface area contributed by atoms with E-state index in [1.807, 2.05) is 0 Å². The van der Waals surface area contributed by atoms with Crippen LogP contribution >= 0.6 is 0 Å². The van der Waals surface area contributed by atoms with Crippen molar-refractivity contribution in [1.82, 2.24) is 0 Å². The van der Waals surface area contributed by atoms with Crippen LogP contribution in [-0.2, 0) is 9.53 Å². The summed E-state index contributed by atoms with van der Waals surface area (Å²) in [5.41, 5.74) is -2.42. The molecular formula is C14H20F6O2. The predicted octanol–water partition coefficient (Wildman–Crippen LogP) is 4.88. The summed E-state index contributed by atoms with van der Waals surface area (Å²) in [6, 6.07) is 0. The molecule has 0 spiro atoms. The van der Waals surface area contributed by atoms with E-state index in [0.717, 1.165) is 0 Å². The van der Waals surface area contributed by atoms with Crippen molar-refractivity contribution < 1.29 is 35.9 Å².